The summed E-state index contributed by atoms with van der Waals surface area (Å²) in [6.07, 6.45) is 9.68. The number of piperazine rings is 3. The van der Waals surface area contributed by atoms with Crippen molar-refractivity contribution >= 4 is 84.9 Å². The van der Waals surface area contributed by atoms with Gasteiger partial charge in [0.25, 0.3) is 16.7 Å². The maximum absolute atomic E-state index is 16.4. The van der Waals surface area contributed by atoms with Gasteiger partial charge in [-0.1, -0.05) is 79.5 Å². The Morgan fingerprint density at radius 3 is 1.15 bits per heavy atom. The minimum Gasteiger partial charge on any atom is -0.507 e. The lowest BCUT2D eigenvalue weighted by molar-refractivity contribution is -0.128. The fraction of sp³-hybridized carbons (Fsp3) is 0.353. The number of nitrogens with zero attached hydrogens (tertiary/aromatic N) is 18. The molecule has 3 aromatic carbocycles. The van der Waals surface area contributed by atoms with Crippen molar-refractivity contribution in [2.75, 3.05) is 123 Å². The van der Waals surface area contributed by atoms with Crippen LogP contribution in [0, 0.1) is 55.7 Å². The van der Waals surface area contributed by atoms with Gasteiger partial charge in [0, 0.05) is 125 Å². The van der Waals surface area contributed by atoms with E-state index in [0.717, 1.165) is 47.9 Å². The SMILES string of the molecule is C=CC(=O)N1CC(C)N2c3c(c(=O)n(-c4c(C)ccnc4C(C)C)c4nc(-c5c(O)cccc5F)c(F)cc34)N(C)CC2C1.C=CC(=O)N1CC(C)N2c3c(c(=O)n(-c4c(C)ccnc4C(C)C)c4nc(-c5c(O)cccc5F)c(F)cc34)N(CCCN(C)C)CC2C1.C=CC(=O)N1CC(C)N2c3c(c(=O)n(-c4c(C)ccnc4C(C)C)c4nc(-c5c(O)cccc5F)c(F)cc34)NCC2C1. The second-order valence-electron chi connectivity index (χ2n) is 37.0. The summed E-state index contributed by atoms with van der Waals surface area (Å²) in [5.41, 5.74) is 5.08. The van der Waals surface area contributed by atoms with E-state index < -0.39 is 91.5 Å². The van der Waals surface area contributed by atoms with Gasteiger partial charge in [0.15, 0.2) is 34.4 Å². The van der Waals surface area contributed by atoms with Crippen molar-refractivity contribution in [3.63, 3.8) is 0 Å². The Bertz CT molecular complexity index is 7040. The van der Waals surface area contributed by atoms with Gasteiger partial charge in [0.2, 0.25) is 17.7 Å². The first-order valence-corrected chi connectivity index (χ1v) is 45.4. The van der Waals surface area contributed by atoms with Crippen molar-refractivity contribution in [1.29, 1.82) is 0 Å². The van der Waals surface area contributed by atoms with Crippen LogP contribution in [-0.4, -0.2) is 226 Å². The number of fused-ring (bicyclic) bond motifs is 15. The number of halogens is 6. The monoisotopic (exact) mass is 1860 g/mol. The number of pyridine rings is 9. The Balaban J connectivity index is 0.000000148. The van der Waals surface area contributed by atoms with Crippen LogP contribution < -0.4 is 46.5 Å². The number of amides is 3. The standard InChI is InChI=1S/C37H43F2N7O3.C33H34F2N6O3.C32H32F2N6O3/c1-8-29(48)44-18-23(5)45-24(20-44)19-43(16-10-15-42(6)7)35-34(45)25-17-27(39)32(30-26(38)11-9-12-28(30)47)41-36(25)46(37(35)49)33-22(4)13-14-40-31(33)21(2)3;1-7-25(43)39-14-19(5)40-20(16-39)15-38(6)31-30(40)21-13-23(35)28(26-22(34)9-8-10-24(26)42)37-32(21)41(33(31)44)29-18(4)11-12-36-27(29)17(2)3;1-6-24(42)38-14-18(5)39-19(15-38)13-36-28-30(39)20-12-22(34)27(25-21(33)8-7-9-23(25)41)37-31(20)40(32(28)43)29-17(4)10-11-35-26(29)16(2)3/h8-9,11-14,17,21,23-24,47H,1,10,15-16,18-20H2,2-7H3;7-13,17,19-20,42H,1,14-16H2,2-6H3;6-12,16,18-19,36,41H,1,13-15H2,2-5H3. The minimum atomic E-state index is -0.859. The third kappa shape index (κ3) is 16.6. The Morgan fingerprint density at radius 2 is 0.787 bits per heavy atom. The summed E-state index contributed by atoms with van der Waals surface area (Å²) in [4.78, 5) is 128. The smallest absolute Gasteiger partial charge is 0.282 e. The van der Waals surface area contributed by atoms with E-state index in [1.54, 1.807) is 45.4 Å². The van der Waals surface area contributed by atoms with Crippen LogP contribution in [0.2, 0.25) is 0 Å². The number of phenols is 3. The van der Waals surface area contributed by atoms with Crippen LogP contribution in [0.15, 0.2) is 162 Å². The van der Waals surface area contributed by atoms with Gasteiger partial charge in [-0.3, -0.25) is 57.4 Å². The van der Waals surface area contributed by atoms with Gasteiger partial charge in [0.1, 0.15) is 68.8 Å². The second kappa shape index (κ2) is 37.4. The van der Waals surface area contributed by atoms with E-state index in [1.165, 1.54) is 86.5 Å². The van der Waals surface area contributed by atoms with E-state index in [4.69, 9.17) is 4.98 Å². The summed E-state index contributed by atoms with van der Waals surface area (Å²) in [5.74, 6) is -7.29. The van der Waals surface area contributed by atoms with Gasteiger partial charge < -0.3 is 64.7 Å². The predicted molar refractivity (Wildman–Crippen MR) is 518 cm³/mol. The number of hydrogen-bond donors (Lipinski definition) is 4. The van der Waals surface area contributed by atoms with Gasteiger partial charge in [-0.15, -0.1) is 0 Å². The molecular weight excluding hydrogens is 1750 g/mol. The molecule has 15 heterocycles. The van der Waals surface area contributed by atoms with Crippen molar-refractivity contribution in [1.82, 2.24) is 63.2 Å². The summed E-state index contributed by atoms with van der Waals surface area (Å²) in [6.45, 7) is 39.1. The van der Waals surface area contributed by atoms with E-state index in [2.05, 4.69) is 69.6 Å². The van der Waals surface area contributed by atoms with Crippen molar-refractivity contribution in [3.8, 4) is 68.1 Å². The second-order valence-corrected chi connectivity index (χ2v) is 37.0. The van der Waals surface area contributed by atoms with E-state index in [-0.39, 0.29) is 105 Å². The van der Waals surface area contributed by atoms with Crippen molar-refractivity contribution in [2.45, 2.75) is 144 Å². The first kappa shape index (κ1) is 94.7. The Kier molecular flexibility index (Phi) is 26.1. The molecule has 0 bridgehead atoms. The number of benzene rings is 3. The number of nitrogens with one attached hydrogen (secondary N) is 1. The Morgan fingerprint density at radius 1 is 0.449 bits per heavy atom. The average Bonchev–Trinajstić information content (AvgIpc) is 0.707. The molecular formula is C102H109F6N19O9. The van der Waals surface area contributed by atoms with E-state index in [0.29, 0.717) is 144 Å². The number of aryl methyl sites for hydroxylation is 3. The van der Waals surface area contributed by atoms with Crippen molar-refractivity contribution in [3.05, 3.63) is 247 Å². The third-order valence-electron chi connectivity index (χ3n) is 26.4. The number of likely N-dealkylation sites (N-methyl/N-ethyl adjacent to an activating group) is 1. The fourth-order valence-electron chi connectivity index (χ4n) is 20.5. The van der Waals surface area contributed by atoms with Gasteiger partial charge in [-0.05, 0) is 194 Å². The molecule has 136 heavy (non-hydrogen) atoms. The Hall–Kier alpha value is -14.4. The molecule has 4 N–H and O–H groups in total. The molecule has 6 atom stereocenters. The fourth-order valence-corrected chi connectivity index (χ4v) is 20.5. The highest BCUT2D eigenvalue weighted by Gasteiger charge is 2.47. The topological polar surface area (TPSA) is 296 Å². The zero-order chi connectivity index (χ0) is 97.7. The van der Waals surface area contributed by atoms with Crippen LogP contribution >= 0.6 is 0 Å². The van der Waals surface area contributed by atoms with Crippen LogP contribution in [0.25, 0.3) is 83.9 Å². The minimum absolute atomic E-state index is 0.0729. The lowest BCUT2D eigenvalue weighted by Crippen LogP contribution is -2.65. The van der Waals surface area contributed by atoms with Crippen LogP contribution in [0.4, 0.5) is 60.5 Å². The van der Waals surface area contributed by atoms with Crippen molar-refractivity contribution < 1.29 is 56.0 Å². The largest absolute Gasteiger partial charge is 0.507 e. The lowest BCUT2D eigenvalue weighted by Gasteiger charge is -2.52. The van der Waals surface area contributed by atoms with Gasteiger partial charge in [-0.2, -0.15) is 0 Å². The average molecular weight is 1860 g/mol. The molecule has 0 spiro atoms. The molecule has 0 saturated carbocycles. The summed E-state index contributed by atoms with van der Waals surface area (Å²) in [6, 6.07) is 19.0. The summed E-state index contributed by atoms with van der Waals surface area (Å²) in [7, 11) is 5.79. The molecule has 6 unspecified atom stereocenters. The number of hydrogen-bond acceptors (Lipinski definition) is 22. The number of anilines is 6. The van der Waals surface area contributed by atoms with Crippen LogP contribution in [0.3, 0.4) is 0 Å². The van der Waals surface area contributed by atoms with E-state index in [1.807, 2.05) is 120 Å². The molecule has 3 fully saturated rings. The van der Waals surface area contributed by atoms with Gasteiger partial charge in [-0.25, -0.2) is 41.3 Å². The molecule has 6 aliphatic heterocycles. The molecule has 0 aliphatic carbocycles. The first-order chi connectivity index (χ1) is 64.8. The molecule has 9 aromatic heterocycles. The van der Waals surface area contributed by atoms with E-state index in [9.17, 15) is 39.3 Å². The molecule has 12 aromatic rings. The highest BCUT2D eigenvalue weighted by Crippen LogP contribution is 2.50. The molecule has 34 heteroatoms. The summed E-state index contributed by atoms with van der Waals surface area (Å²) in [5, 5.41) is 36.1. The zero-order valence-corrected chi connectivity index (χ0v) is 78.5. The van der Waals surface area contributed by atoms with Crippen LogP contribution in [-0.2, 0) is 14.4 Å². The number of rotatable bonds is 16. The predicted octanol–water partition coefficient (Wildman–Crippen LogP) is 15.0. The normalized spacial score (nSPS) is 17.8. The third-order valence-corrected chi connectivity index (χ3v) is 26.4. The first-order valence-electron chi connectivity index (χ1n) is 45.4. The zero-order valence-electron chi connectivity index (χ0n) is 78.5. The van der Waals surface area contributed by atoms with Crippen molar-refractivity contribution in [2.24, 2.45) is 0 Å². The summed E-state index contributed by atoms with van der Waals surface area (Å²) < 4.78 is 98.4. The highest BCUT2D eigenvalue weighted by molar-refractivity contribution is 6.04. The maximum Gasteiger partial charge on any atom is 0.282 e. The van der Waals surface area contributed by atoms with E-state index >= 15 is 31.1 Å². The molecule has 3 amide bonds. The lowest BCUT2D eigenvalue weighted by atomic mass is 9.97. The number of aromatic hydroxyl groups is 3. The molecule has 708 valence electrons. The van der Waals surface area contributed by atoms with Crippen LogP contribution in [0.1, 0.15) is 120 Å². The molecule has 6 aliphatic rings. The Labute approximate surface area is 782 Å². The number of carbonyl (C=O) groups excluding carboxylic acids is 3. The number of aromatic nitrogens is 9. The molecule has 18 rings (SSSR count). The summed E-state index contributed by atoms with van der Waals surface area (Å²) >= 11 is 0. The van der Waals surface area contributed by atoms with Gasteiger partial charge in [0.05, 0.1) is 86.0 Å². The van der Waals surface area contributed by atoms with Gasteiger partial charge >= 0.3 is 0 Å². The molecule has 28 nitrogen and oxygen atoms in total. The highest BCUT2D eigenvalue weighted by atomic mass is 19.1. The van der Waals surface area contributed by atoms with Crippen LogP contribution in [0.5, 0.6) is 17.2 Å². The molecule has 0 radical (unpaired) electrons. The molecule has 3 saturated heterocycles. The quantitative estimate of drug-likeness (QED) is 0.0516. The maximum atomic E-state index is 16.4. The number of phenolic OH excluding ortho intramolecular Hbond substituents is 3. The number of carbonyl (C=O) groups is 3.